The molecule has 0 saturated heterocycles. The van der Waals surface area contributed by atoms with Gasteiger partial charge in [-0.15, -0.1) is 0 Å². The Hall–Kier alpha value is -4.42. The van der Waals surface area contributed by atoms with E-state index in [0.29, 0.717) is 27.3 Å². The predicted octanol–water partition coefficient (Wildman–Crippen LogP) is 7.25. The molecule has 0 unspecified atom stereocenters. The number of halogens is 2. The van der Waals surface area contributed by atoms with Crippen LogP contribution in [0.1, 0.15) is 51.5 Å². The molecule has 7 heteroatoms. The zero-order chi connectivity index (χ0) is 27.7. The summed E-state index contributed by atoms with van der Waals surface area (Å²) in [7, 11) is 0. The fourth-order valence-electron chi connectivity index (χ4n) is 4.67. The Kier molecular flexibility index (Phi) is 6.98. The lowest BCUT2D eigenvalue weighted by atomic mass is 9.93. The van der Waals surface area contributed by atoms with Gasteiger partial charge in [-0.1, -0.05) is 66.2 Å². The van der Waals surface area contributed by atoms with Crippen LogP contribution in [0.5, 0.6) is 0 Å². The van der Waals surface area contributed by atoms with Gasteiger partial charge in [-0.3, -0.25) is 9.59 Å². The van der Waals surface area contributed by atoms with E-state index in [1.807, 2.05) is 62.4 Å². The molecule has 196 valence electrons. The first-order valence-electron chi connectivity index (χ1n) is 12.4. The van der Waals surface area contributed by atoms with Gasteiger partial charge >= 0.3 is 0 Å². The largest absolute Gasteiger partial charge is 0.460 e. The number of nitrogens with one attached hydrogen (secondary N) is 1. The van der Waals surface area contributed by atoms with Gasteiger partial charge in [0.2, 0.25) is 0 Å². The van der Waals surface area contributed by atoms with Crippen molar-refractivity contribution in [2.45, 2.75) is 25.8 Å². The zero-order valence-corrected chi connectivity index (χ0v) is 22.2. The highest BCUT2D eigenvalue weighted by Gasteiger charge is 2.25. The lowest BCUT2D eigenvalue weighted by molar-refractivity contribution is 0.0911. The van der Waals surface area contributed by atoms with Crippen molar-refractivity contribution >= 4 is 34.4 Å². The molecule has 1 heterocycles. The number of fused-ring (bicyclic) bond motifs is 1. The predicted molar refractivity (Wildman–Crippen MR) is 151 cm³/mol. The molecule has 39 heavy (non-hydrogen) atoms. The third-order valence-electron chi connectivity index (χ3n) is 6.75. The molecule has 0 fully saturated rings. The summed E-state index contributed by atoms with van der Waals surface area (Å²) in [5, 5.41) is 3.95. The molecule has 3 N–H and O–H groups in total. The van der Waals surface area contributed by atoms with E-state index >= 15 is 0 Å². The summed E-state index contributed by atoms with van der Waals surface area (Å²) < 4.78 is 19.3. The standard InChI is InChI=1S/C32H26ClFN2O3/c1-32(2,22-6-4-3-5-7-22)36-31(38)24-17-20(10-14-26(24)33)21-11-15-27-25(18-21)29(30(35)37)28(39-27)16-19-8-12-23(34)13-9-19/h3-15,17-18H,16H2,1-2H3,(H2,35,37)(H,36,38). The summed E-state index contributed by atoms with van der Waals surface area (Å²) in [4.78, 5) is 25.8. The van der Waals surface area contributed by atoms with E-state index in [0.717, 1.165) is 22.3 Å². The smallest absolute Gasteiger partial charge is 0.253 e. The maximum Gasteiger partial charge on any atom is 0.253 e. The summed E-state index contributed by atoms with van der Waals surface area (Å²) in [5.41, 5.74) is 9.48. The zero-order valence-electron chi connectivity index (χ0n) is 21.4. The Labute approximate surface area is 230 Å². The van der Waals surface area contributed by atoms with Crippen LogP contribution in [0.4, 0.5) is 4.39 Å². The minimum Gasteiger partial charge on any atom is -0.460 e. The van der Waals surface area contributed by atoms with Gasteiger partial charge < -0.3 is 15.5 Å². The molecule has 0 atom stereocenters. The Morgan fingerprint density at radius 1 is 0.923 bits per heavy atom. The highest BCUT2D eigenvalue weighted by Crippen LogP contribution is 2.33. The molecule has 5 aromatic rings. The van der Waals surface area contributed by atoms with E-state index < -0.39 is 11.4 Å². The summed E-state index contributed by atoms with van der Waals surface area (Å²) >= 11 is 6.44. The third-order valence-corrected chi connectivity index (χ3v) is 7.08. The van der Waals surface area contributed by atoms with E-state index in [1.165, 1.54) is 12.1 Å². The first-order valence-corrected chi connectivity index (χ1v) is 12.8. The topological polar surface area (TPSA) is 85.3 Å². The van der Waals surface area contributed by atoms with Crippen molar-refractivity contribution in [1.82, 2.24) is 5.32 Å². The van der Waals surface area contributed by atoms with Crippen LogP contribution in [0.15, 0.2) is 95.4 Å². The second-order valence-corrected chi connectivity index (χ2v) is 10.3. The molecule has 0 radical (unpaired) electrons. The summed E-state index contributed by atoms with van der Waals surface area (Å²) in [6, 6.07) is 26.3. The van der Waals surface area contributed by atoms with E-state index in [-0.39, 0.29) is 23.7 Å². The normalized spacial score (nSPS) is 11.5. The quantitative estimate of drug-likeness (QED) is 0.228. The second kappa shape index (κ2) is 10.4. The average Bonchev–Trinajstić information content (AvgIpc) is 3.27. The third kappa shape index (κ3) is 5.42. The van der Waals surface area contributed by atoms with Gasteiger partial charge in [-0.05, 0) is 72.5 Å². The minimum atomic E-state index is -0.623. The molecule has 5 nitrogen and oxygen atoms in total. The second-order valence-electron chi connectivity index (χ2n) is 9.92. The van der Waals surface area contributed by atoms with Crippen LogP contribution >= 0.6 is 11.6 Å². The SMILES string of the molecule is CC(C)(NC(=O)c1cc(-c2ccc3oc(Cc4ccc(F)cc4)c(C(N)=O)c3c2)ccc1Cl)c1ccccc1. The van der Waals surface area contributed by atoms with Crippen LogP contribution in [-0.4, -0.2) is 11.8 Å². The maximum absolute atomic E-state index is 13.3. The van der Waals surface area contributed by atoms with Gasteiger partial charge in [0.05, 0.1) is 21.7 Å². The van der Waals surface area contributed by atoms with Crippen molar-refractivity contribution in [3.05, 3.63) is 130 Å². The average molecular weight is 541 g/mol. The number of carbonyl (C=O) groups is 2. The summed E-state index contributed by atoms with van der Waals surface area (Å²) in [5.74, 6) is -0.870. The number of amides is 2. The van der Waals surface area contributed by atoms with E-state index in [4.69, 9.17) is 21.8 Å². The lowest BCUT2D eigenvalue weighted by Crippen LogP contribution is -2.41. The van der Waals surface area contributed by atoms with Crippen LogP contribution < -0.4 is 11.1 Å². The van der Waals surface area contributed by atoms with Crippen molar-refractivity contribution in [2.75, 3.05) is 0 Å². The molecular weight excluding hydrogens is 515 g/mol. The van der Waals surface area contributed by atoms with Gasteiger partial charge in [0.1, 0.15) is 17.2 Å². The molecule has 5 rings (SSSR count). The van der Waals surface area contributed by atoms with Gasteiger partial charge in [0.15, 0.2) is 0 Å². The highest BCUT2D eigenvalue weighted by atomic mass is 35.5. The highest BCUT2D eigenvalue weighted by molar-refractivity contribution is 6.34. The van der Waals surface area contributed by atoms with E-state index in [2.05, 4.69) is 5.32 Å². The van der Waals surface area contributed by atoms with Gasteiger partial charge in [-0.2, -0.15) is 0 Å². The van der Waals surface area contributed by atoms with Crippen LogP contribution in [0, 0.1) is 5.82 Å². The Morgan fingerprint density at radius 2 is 1.59 bits per heavy atom. The van der Waals surface area contributed by atoms with Crippen LogP contribution in [0.2, 0.25) is 5.02 Å². The number of carbonyl (C=O) groups excluding carboxylic acids is 2. The monoisotopic (exact) mass is 540 g/mol. The molecule has 0 aliphatic heterocycles. The number of nitrogens with two attached hydrogens (primary N) is 1. The fraction of sp³-hybridized carbons (Fsp3) is 0.125. The summed E-state index contributed by atoms with van der Waals surface area (Å²) in [6.45, 7) is 3.86. The first kappa shape index (κ1) is 26.2. The number of furan rings is 1. The Bertz CT molecular complexity index is 1690. The van der Waals surface area contributed by atoms with Crippen LogP contribution in [0.3, 0.4) is 0 Å². The molecule has 1 aromatic heterocycles. The Morgan fingerprint density at radius 3 is 2.28 bits per heavy atom. The van der Waals surface area contributed by atoms with Crippen LogP contribution in [-0.2, 0) is 12.0 Å². The van der Waals surface area contributed by atoms with Crippen LogP contribution in [0.25, 0.3) is 22.1 Å². The lowest BCUT2D eigenvalue weighted by Gasteiger charge is -2.27. The summed E-state index contributed by atoms with van der Waals surface area (Å²) in [6.07, 6.45) is 0.283. The molecule has 0 bridgehead atoms. The molecule has 0 aliphatic carbocycles. The molecule has 4 aromatic carbocycles. The maximum atomic E-state index is 13.3. The number of hydrogen-bond donors (Lipinski definition) is 2. The van der Waals surface area contributed by atoms with E-state index in [1.54, 1.807) is 30.3 Å². The molecule has 0 aliphatic rings. The minimum absolute atomic E-state index is 0.271. The number of primary amides is 1. The molecular formula is C32H26ClFN2O3. The molecule has 0 spiro atoms. The van der Waals surface area contributed by atoms with Crippen molar-refractivity contribution < 1.29 is 18.4 Å². The van der Waals surface area contributed by atoms with Crippen molar-refractivity contribution in [3.63, 3.8) is 0 Å². The number of benzene rings is 4. The van der Waals surface area contributed by atoms with Crippen molar-refractivity contribution in [2.24, 2.45) is 5.73 Å². The van der Waals surface area contributed by atoms with Crippen molar-refractivity contribution in [3.8, 4) is 11.1 Å². The van der Waals surface area contributed by atoms with Gasteiger partial charge in [0, 0.05) is 11.8 Å². The van der Waals surface area contributed by atoms with Gasteiger partial charge in [-0.25, -0.2) is 4.39 Å². The fourth-order valence-corrected chi connectivity index (χ4v) is 4.87. The first-order chi connectivity index (χ1) is 18.6. The van der Waals surface area contributed by atoms with Gasteiger partial charge in [0.25, 0.3) is 11.8 Å². The van der Waals surface area contributed by atoms with Crippen molar-refractivity contribution in [1.29, 1.82) is 0 Å². The molecule has 0 saturated carbocycles. The van der Waals surface area contributed by atoms with E-state index in [9.17, 15) is 14.0 Å². The molecule has 2 amide bonds. The number of hydrogen-bond acceptors (Lipinski definition) is 3. The number of rotatable bonds is 7. The Balaban J connectivity index is 1.49.